The summed E-state index contributed by atoms with van der Waals surface area (Å²) < 4.78 is 8.78. The van der Waals surface area contributed by atoms with Crippen molar-refractivity contribution in [1.29, 1.82) is 0 Å². The molecule has 0 saturated heterocycles. The molecule has 2 aliphatic rings. The minimum absolute atomic E-state index is 0.206. The topological polar surface area (TPSA) is 14.2 Å². The van der Waals surface area contributed by atoms with Crippen molar-refractivity contribution in [3.63, 3.8) is 0 Å². The maximum absolute atomic E-state index is 6.33. The van der Waals surface area contributed by atoms with E-state index in [2.05, 4.69) is 90.4 Å². The summed E-state index contributed by atoms with van der Waals surface area (Å²) in [7, 11) is 0. The SMILES string of the molecule is Cc1ccc2c3cccc4c3n(c2c1)-c1cccc2c1B4c1ccccc1O2. The third-order valence-electron chi connectivity index (χ3n) is 6.31. The number of para-hydroxylation sites is 2. The lowest BCUT2D eigenvalue weighted by Crippen LogP contribution is -2.58. The molecule has 0 aliphatic carbocycles. The maximum atomic E-state index is 6.33. The maximum Gasteiger partial charge on any atom is 0.256 e. The molecule has 0 atom stereocenters. The van der Waals surface area contributed by atoms with Crippen LogP contribution in [-0.4, -0.2) is 11.3 Å². The minimum Gasteiger partial charge on any atom is -0.458 e. The summed E-state index contributed by atoms with van der Waals surface area (Å²) in [5.41, 5.74) is 9.01. The number of fused-ring (bicyclic) bond motifs is 7. The molecular weight excluding hydrogens is 341 g/mol. The first kappa shape index (κ1) is 14.6. The van der Waals surface area contributed by atoms with Crippen LogP contribution in [0.2, 0.25) is 0 Å². The Labute approximate surface area is 163 Å². The number of rotatable bonds is 0. The third-order valence-corrected chi connectivity index (χ3v) is 6.31. The molecule has 0 fully saturated rings. The summed E-state index contributed by atoms with van der Waals surface area (Å²) >= 11 is 0. The second kappa shape index (κ2) is 4.88. The average Bonchev–Trinajstić information content (AvgIpc) is 3.05. The van der Waals surface area contributed by atoms with Gasteiger partial charge < -0.3 is 9.30 Å². The second-order valence-electron chi connectivity index (χ2n) is 7.86. The van der Waals surface area contributed by atoms with Crippen LogP contribution in [0, 0.1) is 6.92 Å². The van der Waals surface area contributed by atoms with Gasteiger partial charge in [-0.05, 0) is 53.1 Å². The zero-order chi connectivity index (χ0) is 18.4. The van der Waals surface area contributed by atoms with E-state index in [1.807, 2.05) is 0 Å². The fourth-order valence-corrected chi connectivity index (χ4v) is 5.20. The average molecular weight is 357 g/mol. The van der Waals surface area contributed by atoms with Crippen LogP contribution in [0.15, 0.2) is 78.9 Å². The van der Waals surface area contributed by atoms with Crippen LogP contribution < -0.4 is 21.1 Å². The summed E-state index contributed by atoms with van der Waals surface area (Å²) in [5, 5.41) is 2.64. The molecule has 3 heterocycles. The molecule has 7 rings (SSSR count). The van der Waals surface area contributed by atoms with Gasteiger partial charge in [0.05, 0.1) is 5.52 Å². The van der Waals surface area contributed by atoms with E-state index in [9.17, 15) is 0 Å². The highest BCUT2D eigenvalue weighted by Crippen LogP contribution is 2.37. The number of ether oxygens (including phenoxy) is 1. The lowest BCUT2D eigenvalue weighted by molar-refractivity contribution is 0.487. The molecule has 0 unspecified atom stereocenters. The van der Waals surface area contributed by atoms with Gasteiger partial charge in [-0.1, -0.05) is 54.6 Å². The molecule has 28 heavy (non-hydrogen) atoms. The van der Waals surface area contributed by atoms with Crippen molar-refractivity contribution in [2.24, 2.45) is 0 Å². The highest BCUT2D eigenvalue weighted by Gasteiger charge is 2.39. The molecule has 3 heteroatoms. The Morgan fingerprint density at radius 3 is 2.54 bits per heavy atom. The predicted octanol–water partition coefficient (Wildman–Crippen LogP) is 4.03. The smallest absolute Gasteiger partial charge is 0.256 e. The Morgan fingerprint density at radius 2 is 1.57 bits per heavy atom. The Bertz CT molecular complexity index is 1460. The van der Waals surface area contributed by atoms with E-state index in [0.29, 0.717) is 0 Å². The molecule has 2 aliphatic heterocycles. The van der Waals surface area contributed by atoms with Crippen LogP contribution in [0.3, 0.4) is 0 Å². The third kappa shape index (κ3) is 1.61. The Kier molecular flexibility index (Phi) is 2.54. The molecule has 5 aromatic rings. The van der Waals surface area contributed by atoms with Crippen molar-refractivity contribution in [1.82, 2.24) is 4.57 Å². The monoisotopic (exact) mass is 357 g/mol. The van der Waals surface area contributed by atoms with Gasteiger partial charge in [-0.3, -0.25) is 0 Å². The molecule has 0 amide bonds. The lowest BCUT2D eigenvalue weighted by atomic mass is 9.34. The van der Waals surface area contributed by atoms with Crippen molar-refractivity contribution < 1.29 is 4.74 Å². The van der Waals surface area contributed by atoms with Gasteiger partial charge in [-0.25, -0.2) is 0 Å². The first-order valence-electron chi connectivity index (χ1n) is 9.75. The summed E-state index contributed by atoms with van der Waals surface area (Å²) in [6.45, 7) is 2.37. The van der Waals surface area contributed by atoms with Crippen molar-refractivity contribution in [2.45, 2.75) is 6.92 Å². The Hall–Kier alpha value is -3.46. The predicted molar refractivity (Wildman–Crippen MR) is 117 cm³/mol. The molecule has 2 nitrogen and oxygen atoms in total. The van der Waals surface area contributed by atoms with Gasteiger partial charge in [0.2, 0.25) is 0 Å². The number of benzene rings is 4. The van der Waals surface area contributed by atoms with Gasteiger partial charge in [-0.2, -0.15) is 0 Å². The van der Waals surface area contributed by atoms with Crippen molar-refractivity contribution in [3.05, 3.63) is 84.4 Å². The van der Waals surface area contributed by atoms with Crippen LogP contribution in [0.5, 0.6) is 11.5 Å². The van der Waals surface area contributed by atoms with E-state index in [1.165, 1.54) is 49.4 Å². The fourth-order valence-electron chi connectivity index (χ4n) is 5.20. The molecule has 130 valence electrons. The van der Waals surface area contributed by atoms with E-state index in [1.54, 1.807) is 0 Å². The van der Waals surface area contributed by atoms with Crippen molar-refractivity contribution >= 4 is 44.9 Å². The quantitative estimate of drug-likeness (QED) is 0.374. The van der Waals surface area contributed by atoms with Crippen molar-refractivity contribution in [2.75, 3.05) is 0 Å². The van der Waals surface area contributed by atoms with Crippen LogP contribution >= 0.6 is 0 Å². The van der Waals surface area contributed by atoms with E-state index in [0.717, 1.165) is 11.5 Å². The van der Waals surface area contributed by atoms with Gasteiger partial charge in [0, 0.05) is 22.0 Å². The highest BCUT2D eigenvalue weighted by atomic mass is 16.5. The molecule has 0 spiro atoms. The summed E-state index contributed by atoms with van der Waals surface area (Å²) in [5.74, 6) is 1.94. The Balaban J connectivity index is 1.75. The van der Waals surface area contributed by atoms with Crippen LogP contribution in [0.25, 0.3) is 27.5 Å². The van der Waals surface area contributed by atoms with Crippen LogP contribution in [0.4, 0.5) is 0 Å². The number of nitrogens with zero attached hydrogens (tertiary/aromatic N) is 1. The van der Waals surface area contributed by atoms with Gasteiger partial charge in [0.15, 0.2) is 0 Å². The minimum atomic E-state index is 0.206. The first-order valence-corrected chi connectivity index (χ1v) is 9.75. The van der Waals surface area contributed by atoms with Gasteiger partial charge in [0.1, 0.15) is 11.5 Å². The van der Waals surface area contributed by atoms with Gasteiger partial charge in [-0.15, -0.1) is 0 Å². The Morgan fingerprint density at radius 1 is 0.750 bits per heavy atom. The van der Waals surface area contributed by atoms with Gasteiger partial charge in [0.25, 0.3) is 6.71 Å². The van der Waals surface area contributed by atoms with Gasteiger partial charge >= 0.3 is 0 Å². The standard InChI is InChI=1S/C25H16BNO/c1-15-12-13-16-17-6-4-8-19-25(17)27(21(16)14-15)20-9-5-11-23-24(20)26(19)18-7-2-3-10-22(18)28-23/h2-14H,1H3. The molecular formula is C25H16BNO. The molecule has 0 N–H and O–H groups in total. The first-order chi connectivity index (χ1) is 13.8. The number of hydrogen-bond donors (Lipinski definition) is 0. The zero-order valence-corrected chi connectivity index (χ0v) is 15.4. The summed E-state index contributed by atoms with van der Waals surface area (Å²) in [6.07, 6.45) is 0. The zero-order valence-electron chi connectivity index (χ0n) is 15.4. The highest BCUT2D eigenvalue weighted by molar-refractivity contribution is 6.99. The molecule has 4 aromatic carbocycles. The van der Waals surface area contributed by atoms with E-state index >= 15 is 0 Å². The van der Waals surface area contributed by atoms with E-state index < -0.39 is 0 Å². The van der Waals surface area contributed by atoms with Crippen molar-refractivity contribution in [3.8, 4) is 17.2 Å². The number of aryl methyl sites for hydroxylation is 1. The number of hydrogen-bond acceptors (Lipinski definition) is 1. The molecule has 0 saturated carbocycles. The normalized spacial score (nSPS) is 13.4. The fraction of sp³-hybridized carbons (Fsp3) is 0.0400. The molecule has 0 radical (unpaired) electrons. The lowest BCUT2D eigenvalue weighted by Gasteiger charge is -2.33. The van der Waals surface area contributed by atoms with E-state index in [-0.39, 0.29) is 6.71 Å². The summed E-state index contributed by atoms with van der Waals surface area (Å²) in [4.78, 5) is 0. The largest absolute Gasteiger partial charge is 0.458 e. The molecule has 0 bridgehead atoms. The van der Waals surface area contributed by atoms with E-state index in [4.69, 9.17) is 4.74 Å². The van der Waals surface area contributed by atoms with Crippen LogP contribution in [0.1, 0.15) is 5.56 Å². The second-order valence-corrected chi connectivity index (χ2v) is 7.86. The number of aromatic nitrogens is 1. The van der Waals surface area contributed by atoms with Crippen LogP contribution in [-0.2, 0) is 0 Å². The molecule has 1 aromatic heterocycles. The summed E-state index contributed by atoms with van der Waals surface area (Å²) in [6, 6.07) is 28.4.